The number of ketones is 1. The molecule has 1 aromatic heterocycles. The Balaban J connectivity index is 2.39. The summed E-state index contributed by atoms with van der Waals surface area (Å²) in [5.41, 5.74) is -0.526. The molecule has 0 N–H and O–H groups in total. The van der Waals surface area contributed by atoms with Crippen molar-refractivity contribution in [1.29, 1.82) is 5.26 Å². The lowest BCUT2D eigenvalue weighted by atomic mass is 10.2. The number of halogens is 1. The molecule has 0 saturated carbocycles. The van der Waals surface area contributed by atoms with Crippen molar-refractivity contribution < 1.29 is 18.8 Å². The Morgan fingerprint density at radius 2 is 2.19 bits per heavy atom. The van der Waals surface area contributed by atoms with Gasteiger partial charge in [0.05, 0.1) is 15.4 Å². The van der Waals surface area contributed by atoms with Crippen LogP contribution in [0.25, 0.3) is 0 Å². The number of carbonyl (C=O) groups excluding carboxylic acids is 1. The van der Waals surface area contributed by atoms with E-state index in [2.05, 4.69) is 0 Å². The zero-order chi connectivity index (χ0) is 15.6. The van der Waals surface area contributed by atoms with Crippen molar-refractivity contribution in [3.8, 4) is 16.9 Å². The molecule has 106 valence electrons. The first kappa shape index (κ1) is 14.6. The number of rotatable bonds is 4. The third-order valence-corrected chi connectivity index (χ3v) is 3.60. The summed E-state index contributed by atoms with van der Waals surface area (Å²) >= 11 is 0.806. The zero-order valence-electron chi connectivity index (χ0n) is 10.6. The van der Waals surface area contributed by atoms with Gasteiger partial charge in [0, 0.05) is 12.1 Å². The van der Waals surface area contributed by atoms with E-state index in [0.29, 0.717) is 0 Å². The minimum atomic E-state index is -0.791. The van der Waals surface area contributed by atoms with Crippen LogP contribution in [0.5, 0.6) is 10.8 Å². The van der Waals surface area contributed by atoms with Gasteiger partial charge in [-0.05, 0) is 19.1 Å². The Kier molecular flexibility index (Phi) is 3.95. The van der Waals surface area contributed by atoms with Crippen LogP contribution in [0.2, 0.25) is 0 Å². The molecule has 0 unspecified atom stereocenters. The first-order chi connectivity index (χ1) is 9.92. The van der Waals surface area contributed by atoms with E-state index in [1.807, 2.05) is 0 Å². The molecule has 21 heavy (non-hydrogen) atoms. The molecule has 0 amide bonds. The number of nitriles is 1. The van der Waals surface area contributed by atoms with Gasteiger partial charge in [0.1, 0.15) is 17.6 Å². The summed E-state index contributed by atoms with van der Waals surface area (Å²) in [4.78, 5) is 21.7. The van der Waals surface area contributed by atoms with Crippen LogP contribution in [0.3, 0.4) is 0 Å². The second-order valence-corrected chi connectivity index (χ2v) is 4.97. The molecule has 6 nitrogen and oxygen atoms in total. The standard InChI is InChI=1S/C13H7FN2O4S/c1-7(17)12-5-11(16(18)19)13(21-12)20-9-3-2-8(6-15)10(14)4-9/h2-5H,1H3. The molecule has 0 spiro atoms. The fourth-order valence-corrected chi connectivity index (χ4v) is 2.39. The van der Waals surface area contributed by atoms with Crippen molar-refractivity contribution in [2.24, 2.45) is 0 Å². The Bertz CT molecular complexity index is 779. The lowest BCUT2D eigenvalue weighted by Crippen LogP contribution is -1.91. The smallest absolute Gasteiger partial charge is 0.323 e. The highest BCUT2D eigenvalue weighted by molar-refractivity contribution is 7.16. The Labute approximate surface area is 122 Å². The van der Waals surface area contributed by atoms with Gasteiger partial charge in [-0.3, -0.25) is 14.9 Å². The van der Waals surface area contributed by atoms with Gasteiger partial charge in [-0.25, -0.2) is 4.39 Å². The fraction of sp³-hybridized carbons (Fsp3) is 0.0769. The largest absolute Gasteiger partial charge is 0.440 e. The number of ether oxygens (including phenoxy) is 1. The number of hydrogen-bond acceptors (Lipinski definition) is 6. The van der Waals surface area contributed by atoms with E-state index in [0.717, 1.165) is 23.5 Å². The summed E-state index contributed by atoms with van der Waals surface area (Å²) < 4.78 is 18.7. The lowest BCUT2D eigenvalue weighted by molar-refractivity contribution is -0.385. The van der Waals surface area contributed by atoms with Gasteiger partial charge in [-0.2, -0.15) is 5.26 Å². The predicted octanol–water partition coefficient (Wildman–Crippen LogP) is 3.66. The van der Waals surface area contributed by atoms with Crippen molar-refractivity contribution in [2.75, 3.05) is 0 Å². The Hall–Kier alpha value is -2.79. The summed E-state index contributed by atoms with van der Waals surface area (Å²) in [7, 11) is 0. The topological polar surface area (TPSA) is 93.2 Å². The van der Waals surface area contributed by atoms with Gasteiger partial charge in [0.2, 0.25) is 0 Å². The average Bonchev–Trinajstić information content (AvgIpc) is 2.83. The fourth-order valence-electron chi connectivity index (χ4n) is 1.50. The van der Waals surface area contributed by atoms with Gasteiger partial charge in [0.15, 0.2) is 5.78 Å². The van der Waals surface area contributed by atoms with E-state index in [1.165, 1.54) is 19.1 Å². The van der Waals surface area contributed by atoms with Crippen LogP contribution >= 0.6 is 11.3 Å². The molecule has 0 bridgehead atoms. The summed E-state index contributed by atoms with van der Waals surface area (Å²) in [6.45, 7) is 1.28. The van der Waals surface area contributed by atoms with Gasteiger partial charge in [0.25, 0.3) is 5.06 Å². The number of benzene rings is 1. The molecule has 0 aliphatic carbocycles. The maximum atomic E-state index is 13.5. The monoisotopic (exact) mass is 306 g/mol. The Morgan fingerprint density at radius 3 is 2.71 bits per heavy atom. The van der Waals surface area contributed by atoms with Gasteiger partial charge >= 0.3 is 5.69 Å². The second kappa shape index (κ2) is 5.68. The normalized spacial score (nSPS) is 9.95. The van der Waals surface area contributed by atoms with Gasteiger partial charge < -0.3 is 4.74 Å². The van der Waals surface area contributed by atoms with E-state index in [-0.39, 0.29) is 32.7 Å². The maximum Gasteiger partial charge on any atom is 0.323 e. The van der Waals surface area contributed by atoms with E-state index >= 15 is 0 Å². The molecule has 0 fully saturated rings. The average molecular weight is 306 g/mol. The molecular weight excluding hydrogens is 299 g/mol. The molecule has 0 radical (unpaired) electrons. The molecular formula is C13H7FN2O4S. The number of Topliss-reactive ketones (excluding diaryl/α,β-unsaturated/α-hetero) is 1. The van der Waals surface area contributed by atoms with E-state index < -0.39 is 10.7 Å². The lowest BCUT2D eigenvalue weighted by Gasteiger charge is -2.03. The van der Waals surface area contributed by atoms with Crippen molar-refractivity contribution in [3.05, 3.63) is 50.6 Å². The number of thiophene rings is 1. The quantitative estimate of drug-likeness (QED) is 0.488. The molecule has 2 aromatic rings. The molecule has 0 atom stereocenters. The number of nitrogens with zero attached hydrogens (tertiary/aromatic N) is 2. The molecule has 8 heteroatoms. The van der Waals surface area contributed by atoms with Crippen molar-refractivity contribution in [1.82, 2.24) is 0 Å². The highest BCUT2D eigenvalue weighted by atomic mass is 32.1. The summed E-state index contributed by atoms with van der Waals surface area (Å²) in [5, 5.41) is 19.4. The van der Waals surface area contributed by atoms with Crippen LogP contribution in [0.4, 0.5) is 10.1 Å². The third kappa shape index (κ3) is 3.04. The van der Waals surface area contributed by atoms with Gasteiger partial charge in [-0.15, -0.1) is 0 Å². The number of carbonyl (C=O) groups is 1. The summed E-state index contributed by atoms with van der Waals surface area (Å²) in [6.07, 6.45) is 0. The second-order valence-electron chi connectivity index (χ2n) is 3.95. The van der Waals surface area contributed by atoms with Crippen LogP contribution in [0.15, 0.2) is 24.3 Å². The number of hydrogen-bond donors (Lipinski definition) is 0. The molecule has 1 aromatic carbocycles. The van der Waals surface area contributed by atoms with Crippen LogP contribution in [0, 0.1) is 27.3 Å². The van der Waals surface area contributed by atoms with E-state index in [1.54, 1.807) is 6.07 Å². The number of nitro groups is 1. The molecule has 0 saturated heterocycles. The zero-order valence-corrected chi connectivity index (χ0v) is 11.4. The molecule has 0 aliphatic heterocycles. The highest BCUT2D eigenvalue weighted by Crippen LogP contribution is 2.40. The van der Waals surface area contributed by atoms with E-state index in [9.17, 15) is 19.3 Å². The maximum absolute atomic E-state index is 13.5. The first-order valence-corrected chi connectivity index (χ1v) is 6.40. The summed E-state index contributed by atoms with van der Waals surface area (Å²) in [6, 6.07) is 6.24. The van der Waals surface area contributed by atoms with E-state index in [4.69, 9.17) is 10.00 Å². The molecule has 0 aliphatic rings. The minimum Gasteiger partial charge on any atom is -0.440 e. The SMILES string of the molecule is CC(=O)c1cc([N+](=O)[O-])c(Oc2ccc(C#N)c(F)c2)s1. The van der Waals surface area contributed by atoms with Gasteiger partial charge in [-0.1, -0.05) is 11.3 Å². The molecule has 2 rings (SSSR count). The van der Waals surface area contributed by atoms with Crippen LogP contribution in [-0.4, -0.2) is 10.7 Å². The third-order valence-electron chi connectivity index (χ3n) is 2.49. The van der Waals surface area contributed by atoms with Crippen molar-refractivity contribution >= 4 is 22.8 Å². The first-order valence-electron chi connectivity index (χ1n) is 5.59. The van der Waals surface area contributed by atoms with Crippen molar-refractivity contribution in [2.45, 2.75) is 6.92 Å². The predicted molar refractivity (Wildman–Crippen MR) is 72.2 cm³/mol. The van der Waals surface area contributed by atoms with Crippen LogP contribution in [0.1, 0.15) is 22.2 Å². The summed E-state index contributed by atoms with van der Waals surface area (Å²) in [5.74, 6) is -1.11. The molecule has 1 heterocycles. The Morgan fingerprint density at radius 1 is 1.48 bits per heavy atom. The van der Waals surface area contributed by atoms with Crippen LogP contribution in [-0.2, 0) is 0 Å². The minimum absolute atomic E-state index is 0.00607. The van der Waals surface area contributed by atoms with Crippen LogP contribution < -0.4 is 4.74 Å². The highest BCUT2D eigenvalue weighted by Gasteiger charge is 2.23. The van der Waals surface area contributed by atoms with Crippen molar-refractivity contribution in [3.63, 3.8) is 0 Å².